The van der Waals surface area contributed by atoms with Crippen molar-refractivity contribution in [3.63, 3.8) is 0 Å². The molecule has 0 amide bonds. The van der Waals surface area contributed by atoms with Gasteiger partial charge < -0.3 is 10.8 Å². The van der Waals surface area contributed by atoms with E-state index >= 15 is 0 Å². The number of carbonyl (C=O) groups is 1. The lowest BCUT2D eigenvalue weighted by Crippen LogP contribution is -2.21. The highest BCUT2D eigenvalue weighted by Gasteiger charge is 2.17. The van der Waals surface area contributed by atoms with Gasteiger partial charge in [0.1, 0.15) is 12.2 Å². The average molecular weight is 211 g/mol. The molecule has 15 heavy (non-hydrogen) atoms. The number of carboxylic acids is 1. The van der Waals surface area contributed by atoms with E-state index in [4.69, 9.17) is 10.8 Å². The van der Waals surface area contributed by atoms with E-state index in [0.717, 1.165) is 5.56 Å². The van der Waals surface area contributed by atoms with E-state index in [-0.39, 0.29) is 0 Å². The largest absolute Gasteiger partial charge is 0.480 e. The highest BCUT2D eigenvalue weighted by Crippen LogP contribution is 2.23. The zero-order valence-electron chi connectivity index (χ0n) is 8.70. The zero-order chi connectivity index (χ0) is 11.6. The second-order valence-corrected chi connectivity index (χ2v) is 3.55. The van der Waals surface area contributed by atoms with E-state index < -0.39 is 18.2 Å². The van der Waals surface area contributed by atoms with Crippen molar-refractivity contribution in [2.45, 2.75) is 26.1 Å². The molecule has 1 aromatic rings. The Kier molecular flexibility index (Phi) is 3.42. The molecule has 0 aliphatic heterocycles. The van der Waals surface area contributed by atoms with E-state index in [9.17, 15) is 9.18 Å². The van der Waals surface area contributed by atoms with Gasteiger partial charge in [0.25, 0.3) is 0 Å². The molecule has 0 aromatic heterocycles. The lowest BCUT2D eigenvalue weighted by Gasteiger charge is -2.12. The summed E-state index contributed by atoms with van der Waals surface area (Å²) in [5.74, 6) is -1.11. The maximum Gasteiger partial charge on any atom is 0.325 e. The lowest BCUT2D eigenvalue weighted by atomic mass is 9.98. The van der Waals surface area contributed by atoms with Crippen LogP contribution in [-0.4, -0.2) is 11.1 Å². The van der Waals surface area contributed by atoms with Crippen molar-refractivity contribution in [2.24, 2.45) is 5.73 Å². The van der Waals surface area contributed by atoms with Crippen LogP contribution in [0.15, 0.2) is 18.2 Å². The molecule has 0 fully saturated rings. The van der Waals surface area contributed by atoms with Crippen molar-refractivity contribution in [3.05, 3.63) is 34.9 Å². The van der Waals surface area contributed by atoms with E-state index in [1.807, 2.05) is 0 Å². The summed E-state index contributed by atoms with van der Waals surface area (Å²) in [7, 11) is 0. The Labute approximate surface area is 87.7 Å². The summed E-state index contributed by atoms with van der Waals surface area (Å²) in [6.07, 6.45) is -1.12. The number of nitrogens with two attached hydrogens (primary N) is 1. The van der Waals surface area contributed by atoms with E-state index in [2.05, 4.69) is 0 Å². The molecule has 0 saturated heterocycles. The molecule has 1 aromatic carbocycles. The standard InChI is InChI=1S/C11H14FNO2/c1-6-3-4-8(7(2)12)5-9(6)10(13)11(14)15/h3-5,7,10H,13H2,1-2H3,(H,14,15). The van der Waals surface area contributed by atoms with Gasteiger partial charge in [-0.05, 0) is 30.5 Å². The van der Waals surface area contributed by atoms with Gasteiger partial charge >= 0.3 is 5.97 Å². The summed E-state index contributed by atoms with van der Waals surface area (Å²) < 4.78 is 13.0. The first kappa shape index (κ1) is 11.7. The van der Waals surface area contributed by atoms with Crippen molar-refractivity contribution >= 4 is 5.97 Å². The summed E-state index contributed by atoms with van der Waals surface area (Å²) in [5, 5.41) is 8.77. The summed E-state index contributed by atoms with van der Waals surface area (Å²) in [4.78, 5) is 10.7. The van der Waals surface area contributed by atoms with Gasteiger partial charge in [-0.2, -0.15) is 0 Å². The Morgan fingerprint density at radius 3 is 2.60 bits per heavy atom. The minimum atomic E-state index is -1.12. The van der Waals surface area contributed by atoms with Crippen LogP contribution in [0.25, 0.3) is 0 Å². The number of carboxylic acid groups (broad SMARTS) is 1. The first-order valence-electron chi connectivity index (χ1n) is 4.66. The monoisotopic (exact) mass is 211 g/mol. The number of aliphatic carboxylic acids is 1. The van der Waals surface area contributed by atoms with Crippen LogP contribution in [-0.2, 0) is 4.79 Å². The summed E-state index contributed by atoms with van der Waals surface area (Å²) in [6, 6.07) is 3.74. The smallest absolute Gasteiger partial charge is 0.325 e. The molecular weight excluding hydrogens is 197 g/mol. The quantitative estimate of drug-likeness (QED) is 0.804. The van der Waals surface area contributed by atoms with Gasteiger partial charge in [-0.25, -0.2) is 4.39 Å². The highest BCUT2D eigenvalue weighted by atomic mass is 19.1. The molecule has 0 radical (unpaired) electrons. The topological polar surface area (TPSA) is 63.3 Å². The van der Waals surface area contributed by atoms with Gasteiger partial charge in [0.05, 0.1) is 0 Å². The molecule has 0 heterocycles. The Morgan fingerprint density at radius 1 is 1.53 bits per heavy atom. The fourth-order valence-corrected chi connectivity index (χ4v) is 1.37. The molecule has 3 N–H and O–H groups in total. The Balaban J connectivity index is 3.16. The normalized spacial score (nSPS) is 14.7. The number of alkyl halides is 1. The van der Waals surface area contributed by atoms with Gasteiger partial charge in [0.15, 0.2) is 0 Å². The number of hydrogen-bond acceptors (Lipinski definition) is 2. The Hall–Kier alpha value is -1.42. The predicted molar refractivity (Wildman–Crippen MR) is 55.3 cm³/mol. The van der Waals surface area contributed by atoms with E-state index in [1.54, 1.807) is 19.1 Å². The molecule has 0 bridgehead atoms. The van der Waals surface area contributed by atoms with Gasteiger partial charge in [0, 0.05) is 0 Å². The van der Waals surface area contributed by atoms with Crippen LogP contribution in [0.2, 0.25) is 0 Å². The van der Waals surface area contributed by atoms with Crippen molar-refractivity contribution < 1.29 is 14.3 Å². The van der Waals surface area contributed by atoms with Crippen molar-refractivity contribution in [1.29, 1.82) is 0 Å². The van der Waals surface area contributed by atoms with E-state index in [0.29, 0.717) is 11.1 Å². The van der Waals surface area contributed by atoms with Crippen LogP contribution >= 0.6 is 0 Å². The molecule has 2 unspecified atom stereocenters. The number of aryl methyl sites for hydroxylation is 1. The van der Waals surface area contributed by atoms with Crippen LogP contribution in [0.3, 0.4) is 0 Å². The molecule has 0 aliphatic rings. The molecule has 0 spiro atoms. The molecule has 0 aliphatic carbocycles. The molecule has 2 atom stereocenters. The average Bonchev–Trinajstić information content (AvgIpc) is 2.16. The lowest BCUT2D eigenvalue weighted by molar-refractivity contribution is -0.138. The fraction of sp³-hybridized carbons (Fsp3) is 0.364. The molecular formula is C11H14FNO2. The molecule has 4 heteroatoms. The van der Waals surface area contributed by atoms with Gasteiger partial charge in [-0.15, -0.1) is 0 Å². The first-order chi connectivity index (χ1) is 6.93. The Bertz CT molecular complexity index is 377. The molecule has 3 nitrogen and oxygen atoms in total. The highest BCUT2D eigenvalue weighted by molar-refractivity contribution is 5.75. The molecule has 0 saturated carbocycles. The second kappa shape index (κ2) is 4.40. The van der Waals surface area contributed by atoms with Crippen LogP contribution in [0.1, 0.15) is 35.8 Å². The van der Waals surface area contributed by atoms with Crippen LogP contribution < -0.4 is 5.73 Å². The maximum absolute atomic E-state index is 13.0. The Morgan fingerprint density at radius 2 is 2.13 bits per heavy atom. The second-order valence-electron chi connectivity index (χ2n) is 3.55. The number of halogens is 1. The number of hydrogen-bond donors (Lipinski definition) is 2. The third kappa shape index (κ3) is 2.53. The summed E-state index contributed by atoms with van der Waals surface area (Å²) >= 11 is 0. The van der Waals surface area contributed by atoms with Gasteiger partial charge in [-0.1, -0.05) is 18.2 Å². The van der Waals surface area contributed by atoms with Crippen LogP contribution in [0, 0.1) is 6.92 Å². The maximum atomic E-state index is 13.0. The minimum Gasteiger partial charge on any atom is -0.480 e. The van der Waals surface area contributed by atoms with Crippen LogP contribution in [0.4, 0.5) is 4.39 Å². The van der Waals surface area contributed by atoms with Crippen molar-refractivity contribution in [2.75, 3.05) is 0 Å². The molecule has 1 rings (SSSR count). The SMILES string of the molecule is Cc1ccc(C(C)F)cc1C(N)C(=O)O. The fourth-order valence-electron chi connectivity index (χ4n) is 1.37. The predicted octanol–water partition coefficient (Wildman–Crippen LogP) is 2.11. The molecule has 82 valence electrons. The first-order valence-corrected chi connectivity index (χ1v) is 4.66. The van der Waals surface area contributed by atoms with Crippen molar-refractivity contribution in [1.82, 2.24) is 0 Å². The van der Waals surface area contributed by atoms with Crippen molar-refractivity contribution in [3.8, 4) is 0 Å². The minimum absolute atomic E-state index is 0.451. The zero-order valence-corrected chi connectivity index (χ0v) is 8.70. The van der Waals surface area contributed by atoms with Gasteiger partial charge in [0.2, 0.25) is 0 Å². The van der Waals surface area contributed by atoms with Crippen LogP contribution in [0.5, 0.6) is 0 Å². The third-order valence-corrected chi connectivity index (χ3v) is 2.36. The van der Waals surface area contributed by atoms with Gasteiger partial charge in [-0.3, -0.25) is 4.79 Å². The third-order valence-electron chi connectivity index (χ3n) is 2.36. The number of rotatable bonds is 3. The number of benzene rings is 1. The summed E-state index contributed by atoms with van der Waals surface area (Å²) in [6.45, 7) is 3.16. The summed E-state index contributed by atoms with van der Waals surface area (Å²) in [5.41, 5.74) is 7.16. The van der Waals surface area contributed by atoms with E-state index in [1.165, 1.54) is 13.0 Å².